The Morgan fingerprint density at radius 3 is 2.83 bits per heavy atom. The van der Waals surface area contributed by atoms with Crippen LogP contribution in [0.2, 0.25) is 0 Å². The van der Waals surface area contributed by atoms with E-state index in [0.717, 1.165) is 16.5 Å². The molecule has 4 aromatic rings. The van der Waals surface area contributed by atoms with Crippen LogP contribution in [0.15, 0.2) is 64.8 Å². The number of ether oxygens (including phenoxy) is 1. The Hall–Kier alpha value is -3.41. The van der Waals surface area contributed by atoms with Crippen LogP contribution in [0.25, 0.3) is 21.9 Å². The summed E-state index contributed by atoms with van der Waals surface area (Å²) in [7, 11) is 1.59. The Labute approximate surface area is 137 Å². The van der Waals surface area contributed by atoms with E-state index < -0.39 is 0 Å². The van der Waals surface area contributed by atoms with Gasteiger partial charge in [-0.25, -0.2) is 4.98 Å². The van der Waals surface area contributed by atoms with Crippen LogP contribution < -0.4 is 10.3 Å². The highest BCUT2D eigenvalue weighted by Gasteiger charge is 2.09. The highest BCUT2D eigenvalue weighted by molar-refractivity contribution is 6.04. The van der Waals surface area contributed by atoms with E-state index >= 15 is 0 Å². The molecule has 0 aliphatic heterocycles. The van der Waals surface area contributed by atoms with Crippen molar-refractivity contribution in [1.82, 2.24) is 14.6 Å². The lowest BCUT2D eigenvalue weighted by Gasteiger charge is -2.03. The molecule has 0 radical (unpaired) electrons. The Bertz CT molecular complexity index is 1120. The van der Waals surface area contributed by atoms with Gasteiger partial charge in [0.15, 0.2) is 0 Å². The fourth-order valence-electron chi connectivity index (χ4n) is 2.68. The minimum absolute atomic E-state index is 0.248. The number of para-hydroxylation sites is 2. The number of aromatic nitrogens is 3. The monoisotopic (exact) mass is 318 g/mol. The van der Waals surface area contributed by atoms with Crippen LogP contribution in [0.4, 0.5) is 0 Å². The summed E-state index contributed by atoms with van der Waals surface area (Å²) in [4.78, 5) is 20.1. The number of fused-ring (bicyclic) bond motifs is 3. The molecule has 6 nitrogen and oxygen atoms in total. The second-order valence-electron chi connectivity index (χ2n) is 5.28. The van der Waals surface area contributed by atoms with Crippen molar-refractivity contribution < 1.29 is 4.74 Å². The van der Waals surface area contributed by atoms with E-state index in [1.165, 1.54) is 11.0 Å². The van der Waals surface area contributed by atoms with E-state index in [-0.39, 0.29) is 5.56 Å². The van der Waals surface area contributed by atoms with Crippen LogP contribution in [0.3, 0.4) is 0 Å². The van der Waals surface area contributed by atoms with E-state index in [9.17, 15) is 4.79 Å². The molecule has 0 amide bonds. The number of nitrogens with one attached hydrogen (secondary N) is 1. The maximum Gasteiger partial charge on any atom is 0.298 e. The van der Waals surface area contributed by atoms with Crippen molar-refractivity contribution >= 4 is 28.2 Å². The first-order valence-corrected chi connectivity index (χ1v) is 7.43. The zero-order valence-corrected chi connectivity index (χ0v) is 12.9. The predicted molar refractivity (Wildman–Crippen MR) is 93.8 cm³/mol. The van der Waals surface area contributed by atoms with Crippen molar-refractivity contribution in [3.8, 4) is 5.75 Å². The molecule has 2 aromatic carbocycles. The van der Waals surface area contributed by atoms with Crippen LogP contribution in [-0.2, 0) is 0 Å². The normalized spacial score (nSPS) is 11.5. The third-order valence-corrected chi connectivity index (χ3v) is 3.86. The minimum Gasteiger partial charge on any atom is -0.496 e. The van der Waals surface area contributed by atoms with Crippen LogP contribution >= 0.6 is 0 Å². The molecule has 0 atom stereocenters. The topological polar surface area (TPSA) is 72.3 Å². The molecule has 4 rings (SSSR count). The number of H-pyrrole nitrogens is 1. The van der Waals surface area contributed by atoms with Crippen LogP contribution in [0.5, 0.6) is 5.75 Å². The third-order valence-electron chi connectivity index (χ3n) is 3.86. The summed E-state index contributed by atoms with van der Waals surface area (Å²) in [6, 6.07) is 15.1. The molecule has 0 aliphatic carbocycles. The molecule has 2 aromatic heterocycles. The molecule has 118 valence electrons. The highest BCUT2D eigenvalue weighted by atomic mass is 16.5. The molecule has 0 saturated carbocycles. The molecule has 0 bridgehead atoms. The number of nitrogens with zero attached hydrogens (tertiary/aromatic N) is 3. The van der Waals surface area contributed by atoms with E-state index in [1.807, 2.05) is 48.5 Å². The molecule has 2 heterocycles. The quantitative estimate of drug-likeness (QED) is 0.590. The number of aromatic amines is 1. The van der Waals surface area contributed by atoms with Crippen molar-refractivity contribution in [1.29, 1.82) is 0 Å². The number of hydrogen-bond acceptors (Lipinski definition) is 4. The fraction of sp³-hybridized carbons (Fsp3) is 0.0556. The first-order valence-electron chi connectivity index (χ1n) is 7.43. The fourth-order valence-corrected chi connectivity index (χ4v) is 2.68. The number of hydrogen-bond donors (Lipinski definition) is 1. The third kappa shape index (κ3) is 2.25. The maximum atomic E-state index is 12.6. The molecular weight excluding hydrogens is 304 g/mol. The lowest BCUT2D eigenvalue weighted by molar-refractivity contribution is 0.414. The summed E-state index contributed by atoms with van der Waals surface area (Å²) in [5.74, 6) is 0.689. The van der Waals surface area contributed by atoms with Crippen LogP contribution in [0, 0.1) is 0 Å². The van der Waals surface area contributed by atoms with E-state index in [1.54, 1.807) is 13.3 Å². The SMILES string of the molecule is COc1ccccc1/C=N\n1cnc2c([nH]c3ccccc32)c1=O. The molecule has 0 unspecified atom stereocenters. The van der Waals surface area contributed by atoms with Gasteiger partial charge in [-0.05, 0) is 18.2 Å². The maximum absolute atomic E-state index is 12.6. The van der Waals surface area contributed by atoms with Gasteiger partial charge in [0.2, 0.25) is 0 Å². The summed E-state index contributed by atoms with van der Waals surface area (Å²) in [6.07, 6.45) is 3.01. The van der Waals surface area contributed by atoms with Gasteiger partial charge >= 0.3 is 0 Å². The molecule has 6 heteroatoms. The van der Waals surface area contributed by atoms with Gasteiger partial charge in [0.25, 0.3) is 5.56 Å². The summed E-state index contributed by atoms with van der Waals surface area (Å²) in [5.41, 5.74) is 2.50. The van der Waals surface area contributed by atoms with Gasteiger partial charge in [-0.15, -0.1) is 0 Å². The van der Waals surface area contributed by atoms with Gasteiger partial charge in [-0.2, -0.15) is 9.78 Å². The zero-order chi connectivity index (χ0) is 16.5. The van der Waals surface area contributed by atoms with E-state index in [4.69, 9.17) is 4.74 Å². The van der Waals surface area contributed by atoms with Gasteiger partial charge in [0.05, 0.1) is 13.3 Å². The van der Waals surface area contributed by atoms with Crippen LogP contribution in [-0.4, -0.2) is 28.0 Å². The van der Waals surface area contributed by atoms with Crippen molar-refractivity contribution in [2.75, 3.05) is 7.11 Å². The van der Waals surface area contributed by atoms with Crippen LogP contribution in [0.1, 0.15) is 5.56 Å². The predicted octanol–water partition coefficient (Wildman–Crippen LogP) is 2.77. The Morgan fingerprint density at radius 2 is 1.96 bits per heavy atom. The second-order valence-corrected chi connectivity index (χ2v) is 5.28. The van der Waals surface area contributed by atoms with Crippen molar-refractivity contribution in [3.05, 3.63) is 70.8 Å². The van der Waals surface area contributed by atoms with Gasteiger partial charge in [0, 0.05) is 16.5 Å². The average Bonchev–Trinajstić information content (AvgIpc) is 3.01. The number of methoxy groups -OCH3 is 1. The summed E-state index contributed by atoms with van der Waals surface area (Å²) < 4.78 is 6.49. The standard InChI is InChI=1S/C18H14N4O2/c1-24-15-9-5-2-6-12(15)10-20-22-11-19-16-13-7-3-4-8-14(13)21-17(16)18(22)23/h2-11,21H,1H3/b20-10-. The van der Waals surface area contributed by atoms with Crippen molar-refractivity contribution in [3.63, 3.8) is 0 Å². The molecule has 0 aliphatic rings. The van der Waals surface area contributed by atoms with Gasteiger partial charge in [0.1, 0.15) is 23.1 Å². The first-order chi connectivity index (χ1) is 11.8. The van der Waals surface area contributed by atoms with Gasteiger partial charge in [-0.3, -0.25) is 4.79 Å². The second kappa shape index (κ2) is 5.66. The highest BCUT2D eigenvalue weighted by Crippen LogP contribution is 2.20. The molecular formula is C18H14N4O2. The molecule has 24 heavy (non-hydrogen) atoms. The van der Waals surface area contributed by atoms with Gasteiger partial charge in [-0.1, -0.05) is 30.3 Å². The molecule has 0 saturated heterocycles. The van der Waals surface area contributed by atoms with E-state index in [0.29, 0.717) is 16.8 Å². The first kappa shape index (κ1) is 14.2. The summed E-state index contributed by atoms with van der Waals surface area (Å²) >= 11 is 0. The largest absolute Gasteiger partial charge is 0.496 e. The zero-order valence-electron chi connectivity index (χ0n) is 12.9. The average molecular weight is 318 g/mol. The molecule has 1 N–H and O–H groups in total. The van der Waals surface area contributed by atoms with Crippen molar-refractivity contribution in [2.24, 2.45) is 5.10 Å². The summed E-state index contributed by atoms with van der Waals surface area (Å²) in [6.45, 7) is 0. The molecule has 0 fully saturated rings. The Morgan fingerprint density at radius 1 is 1.17 bits per heavy atom. The smallest absolute Gasteiger partial charge is 0.298 e. The number of benzene rings is 2. The lowest BCUT2D eigenvalue weighted by atomic mass is 10.2. The lowest BCUT2D eigenvalue weighted by Crippen LogP contribution is -2.17. The molecule has 0 spiro atoms. The van der Waals surface area contributed by atoms with Crippen molar-refractivity contribution in [2.45, 2.75) is 0 Å². The Balaban J connectivity index is 1.83. The minimum atomic E-state index is -0.248. The van der Waals surface area contributed by atoms with E-state index in [2.05, 4.69) is 15.1 Å². The Kier molecular flexibility index (Phi) is 3.35. The number of rotatable bonds is 3. The summed E-state index contributed by atoms with van der Waals surface area (Å²) in [5, 5.41) is 5.14. The van der Waals surface area contributed by atoms with Gasteiger partial charge < -0.3 is 9.72 Å².